The fourth-order valence-electron chi connectivity index (χ4n) is 1.79. The normalized spacial score (nSPS) is 11.6. The van der Waals surface area contributed by atoms with Crippen molar-refractivity contribution in [2.45, 2.75) is 4.90 Å². The number of ether oxygens (including phenoxy) is 1. The smallest absolute Gasteiger partial charge is 0.269 e. The molecular formula is C15H12FNO5S. The number of hydrogen-bond donors (Lipinski definition) is 0. The van der Waals surface area contributed by atoms with Crippen molar-refractivity contribution in [1.82, 2.24) is 0 Å². The van der Waals surface area contributed by atoms with Gasteiger partial charge in [-0.2, -0.15) is 0 Å². The van der Waals surface area contributed by atoms with E-state index in [-0.39, 0.29) is 16.3 Å². The van der Waals surface area contributed by atoms with Gasteiger partial charge in [-0.1, -0.05) is 6.07 Å². The number of benzene rings is 2. The first kappa shape index (κ1) is 16.6. The van der Waals surface area contributed by atoms with Crippen molar-refractivity contribution in [3.05, 3.63) is 69.4 Å². The Hall–Kier alpha value is -2.74. The molecule has 8 heteroatoms. The molecule has 0 atom stereocenters. The number of sulfone groups is 1. The van der Waals surface area contributed by atoms with Gasteiger partial charge in [0.2, 0.25) is 0 Å². The number of methoxy groups -OCH3 is 1. The van der Waals surface area contributed by atoms with E-state index in [0.29, 0.717) is 5.56 Å². The molecule has 0 fully saturated rings. The molecule has 0 radical (unpaired) electrons. The SMILES string of the molecule is COc1ccc(/C=C/S(=O)(=O)c2ccc([N+](=O)[O-])cc2)cc1F. The van der Waals surface area contributed by atoms with Crippen LogP contribution in [0.2, 0.25) is 0 Å². The third-order valence-corrected chi connectivity index (χ3v) is 4.42. The van der Waals surface area contributed by atoms with Crippen LogP contribution in [-0.4, -0.2) is 20.5 Å². The predicted molar refractivity (Wildman–Crippen MR) is 82.3 cm³/mol. The van der Waals surface area contributed by atoms with Gasteiger partial charge in [0.15, 0.2) is 21.4 Å². The van der Waals surface area contributed by atoms with E-state index in [1.54, 1.807) is 0 Å². The highest BCUT2D eigenvalue weighted by Crippen LogP contribution is 2.21. The minimum Gasteiger partial charge on any atom is -0.494 e. The van der Waals surface area contributed by atoms with Crippen LogP contribution in [0.4, 0.5) is 10.1 Å². The standard InChI is InChI=1S/C15H12FNO5S/c1-22-15-7-2-11(10-14(15)16)8-9-23(20,21)13-5-3-12(4-6-13)17(18)19/h2-10H,1H3/b9-8+. The van der Waals surface area contributed by atoms with Crippen molar-refractivity contribution in [1.29, 1.82) is 0 Å². The number of nitro benzene ring substituents is 1. The molecule has 120 valence electrons. The Morgan fingerprint density at radius 1 is 1.17 bits per heavy atom. The third-order valence-electron chi connectivity index (χ3n) is 2.99. The van der Waals surface area contributed by atoms with Crippen molar-refractivity contribution in [2.75, 3.05) is 7.11 Å². The second-order valence-electron chi connectivity index (χ2n) is 4.49. The van der Waals surface area contributed by atoms with Gasteiger partial charge >= 0.3 is 0 Å². The maximum absolute atomic E-state index is 13.5. The Balaban J connectivity index is 2.26. The Morgan fingerprint density at radius 3 is 2.35 bits per heavy atom. The van der Waals surface area contributed by atoms with Crippen LogP contribution in [0.1, 0.15) is 5.56 Å². The van der Waals surface area contributed by atoms with Gasteiger partial charge in [0.1, 0.15) is 0 Å². The van der Waals surface area contributed by atoms with E-state index in [4.69, 9.17) is 4.74 Å². The number of halogens is 1. The lowest BCUT2D eigenvalue weighted by Crippen LogP contribution is -1.97. The Bertz CT molecular complexity index is 860. The van der Waals surface area contributed by atoms with Gasteiger partial charge in [-0.15, -0.1) is 0 Å². The number of non-ortho nitro benzene ring substituents is 1. The molecule has 2 rings (SSSR count). The van der Waals surface area contributed by atoms with E-state index in [1.165, 1.54) is 25.3 Å². The van der Waals surface area contributed by atoms with Gasteiger partial charge < -0.3 is 4.74 Å². The molecule has 0 unspecified atom stereocenters. The zero-order valence-electron chi connectivity index (χ0n) is 12.0. The van der Waals surface area contributed by atoms with Gasteiger partial charge in [0, 0.05) is 17.5 Å². The van der Waals surface area contributed by atoms with Crippen LogP contribution < -0.4 is 4.74 Å². The van der Waals surface area contributed by atoms with Crippen LogP contribution in [0.5, 0.6) is 5.75 Å². The van der Waals surface area contributed by atoms with E-state index in [0.717, 1.165) is 35.7 Å². The summed E-state index contributed by atoms with van der Waals surface area (Å²) in [6.07, 6.45) is 1.24. The first-order valence-corrected chi connectivity index (χ1v) is 7.89. The zero-order chi connectivity index (χ0) is 17.0. The highest BCUT2D eigenvalue weighted by Gasteiger charge is 2.13. The van der Waals surface area contributed by atoms with Gasteiger partial charge in [-0.3, -0.25) is 10.1 Å². The second-order valence-corrected chi connectivity index (χ2v) is 6.33. The summed E-state index contributed by atoms with van der Waals surface area (Å²) in [5, 5.41) is 11.5. The largest absolute Gasteiger partial charge is 0.494 e. The summed E-state index contributed by atoms with van der Waals surface area (Å²) >= 11 is 0. The van der Waals surface area contributed by atoms with E-state index < -0.39 is 20.6 Å². The zero-order valence-corrected chi connectivity index (χ0v) is 12.8. The van der Waals surface area contributed by atoms with E-state index in [9.17, 15) is 22.9 Å². The van der Waals surface area contributed by atoms with Crippen LogP contribution in [0.15, 0.2) is 52.8 Å². The second kappa shape index (κ2) is 6.57. The molecule has 6 nitrogen and oxygen atoms in total. The number of rotatable bonds is 5. The molecule has 0 bridgehead atoms. The van der Waals surface area contributed by atoms with Crippen molar-refractivity contribution >= 4 is 21.6 Å². The quantitative estimate of drug-likeness (QED) is 0.618. The van der Waals surface area contributed by atoms with Crippen molar-refractivity contribution in [3.63, 3.8) is 0 Å². The average molecular weight is 337 g/mol. The first-order chi connectivity index (χ1) is 10.8. The molecule has 2 aromatic carbocycles. The van der Waals surface area contributed by atoms with Gasteiger partial charge in [0.25, 0.3) is 5.69 Å². The molecule has 0 aliphatic carbocycles. The number of nitrogens with zero attached hydrogens (tertiary/aromatic N) is 1. The minimum absolute atomic E-state index is 0.0559. The predicted octanol–water partition coefficient (Wildman–Crippen LogP) is 3.19. The molecule has 2 aromatic rings. The lowest BCUT2D eigenvalue weighted by molar-refractivity contribution is -0.384. The summed E-state index contributed by atoms with van der Waals surface area (Å²) in [6, 6.07) is 8.53. The maximum atomic E-state index is 13.5. The Kier molecular flexibility index (Phi) is 4.75. The first-order valence-electron chi connectivity index (χ1n) is 6.34. The van der Waals surface area contributed by atoms with E-state index in [2.05, 4.69) is 0 Å². The highest BCUT2D eigenvalue weighted by molar-refractivity contribution is 7.94. The third kappa shape index (κ3) is 3.92. The lowest BCUT2D eigenvalue weighted by atomic mass is 10.2. The van der Waals surface area contributed by atoms with E-state index in [1.807, 2.05) is 0 Å². The summed E-state index contributed by atoms with van der Waals surface area (Å²) in [5.41, 5.74) is 0.138. The fraction of sp³-hybridized carbons (Fsp3) is 0.0667. The maximum Gasteiger partial charge on any atom is 0.269 e. The Morgan fingerprint density at radius 2 is 1.83 bits per heavy atom. The van der Waals surface area contributed by atoms with Crippen LogP contribution in [-0.2, 0) is 9.84 Å². The molecule has 0 saturated heterocycles. The van der Waals surface area contributed by atoms with Gasteiger partial charge in [-0.05, 0) is 35.9 Å². The summed E-state index contributed by atoms with van der Waals surface area (Å²) in [7, 11) is -2.46. The number of hydrogen-bond acceptors (Lipinski definition) is 5. The minimum atomic E-state index is -3.79. The molecule has 0 amide bonds. The van der Waals surface area contributed by atoms with E-state index >= 15 is 0 Å². The molecular weight excluding hydrogens is 325 g/mol. The monoisotopic (exact) mass is 337 g/mol. The summed E-state index contributed by atoms with van der Waals surface area (Å²) in [4.78, 5) is 9.85. The van der Waals surface area contributed by atoms with Gasteiger partial charge in [-0.25, -0.2) is 12.8 Å². The molecule has 0 spiro atoms. The van der Waals surface area contributed by atoms with Crippen LogP contribution >= 0.6 is 0 Å². The topological polar surface area (TPSA) is 86.5 Å². The molecule has 0 saturated carbocycles. The summed E-state index contributed by atoms with van der Waals surface area (Å²) in [6.45, 7) is 0. The molecule has 0 aromatic heterocycles. The molecule has 23 heavy (non-hydrogen) atoms. The Labute approximate surface area is 131 Å². The molecule has 0 N–H and O–H groups in total. The van der Waals surface area contributed by atoms with Crippen LogP contribution in [0.3, 0.4) is 0 Å². The van der Waals surface area contributed by atoms with Crippen molar-refractivity contribution < 1.29 is 22.5 Å². The number of nitro groups is 1. The van der Waals surface area contributed by atoms with Crippen LogP contribution in [0, 0.1) is 15.9 Å². The highest BCUT2D eigenvalue weighted by atomic mass is 32.2. The molecule has 0 heterocycles. The molecule has 0 aliphatic rings. The van der Waals surface area contributed by atoms with Crippen molar-refractivity contribution in [2.24, 2.45) is 0 Å². The van der Waals surface area contributed by atoms with Crippen LogP contribution in [0.25, 0.3) is 6.08 Å². The molecule has 0 aliphatic heterocycles. The lowest BCUT2D eigenvalue weighted by Gasteiger charge is -2.02. The summed E-state index contributed by atoms with van der Waals surface area (Å²) < 4.78 is 42.6. The average Bonchev–Trinajstić information content (AvgIpc) is 2.53. The fourth-order valence-corrected chi connectivity index (χ4v) is 2.80. The van der Waals surface area contributed by atoms with Crippen molar-refractivity contribution in [3.8, 4) is 5.75 Å². The summed E-state index contributed by atoms with van der Waals surface area (Å²) in [5.74, 6) is -0.553. The van der Waals surface area contributed by atoms with Gasteiger partial charge in [0.05, 0.1) is 16.9 Å².